The first kappa shape index (κ1) is 15.8. The molecule has 0 aliphatic heterocycles. The van der Waals surface area contributed by atoms with Crippen molar-refractivity contribution in [3.8, 4) is 0 Å². The summed E-state index contributed by atoms with van der Waals surface area (Å²) in [6, 6.07) is 0.534. The summed E-state index contributed by atoms with van der Waals surface area (Å²) in [6.45, 7) is 8.04. The summed E-state index contributed by atoms with van der Waals surface area (Å²) >= 11 is 3.18. The second kappa shape index (κ2) is 5.70. The second-order valence-corrected chi connectivity index (χ2v) is 8.82. The summed E-state index contributed by atoms with van der Waals surface area (Å²) in [4.78, 5) is 22.1. The highest BCUT2D eigenvalue weighted by molar-refractivity contribution is 7.99. The lowest BCUT2D eigenvalue weighted by atomic mass is 10.2. The Morgan fingerprint density at radius 2 is 2.04 bits per heavy atom. The Hall–Kier alpha value is -1.67. The fourth-order valence-corrected chi connectivity index (χ4v) is 4.92. The molecular weight excluding hydrogens is 342 g/mol. The summed E-state index contributed by atoms with van der Waals surface area (Å²) < 4.78 is 2.21. The number of hydrogen-bond donors (Lipinski definition) is 1. The van der Waals surface area contributed by atoms with E-state index in [1.54, 1.807) is 23.1 Å². The quantitative estimate of drug-likeness (QED) is 0.717. The number of fused-ring (bicyclic) bond motifs is 1. The average molecular weight is 361 g/mol. The molecule has 0 radical (unpaired) electrons. The van der Waals surface area contributed by atoms with Gasteiger partial charge in [-0.2, -0.15) is 0 Å². The molecule has 1 saturated carbocycles. The largest absolute Gasteiger partial charge is 0.309 e. The van der Waals surface area contributed by atoms with Gasteiger partial charge in [0.1, 0.15) is 16.5 Å². The number of hydrogen-bond acceptors (Lipinski definition) is 6. The minimum atomic E-state index is -0.0517. The molecule has 4 rings (SSSR count). The van der Waals surface area contributed by atoms with Crippen molar-refractivity contribution < 1.29 is 0 Å². The third-order valence-electron chi connectivity index (χ3n) is 4.47. The molecule has 8 heteroatoms. The lowest BCUT2D eigenvalue weighted by Crippen LogP contribution is -2.12. The fourth-order valence-electron chi connectivity index (χ4n) is 2.86. The number of thiophene rings is 1. The van der Waals surface area contributed by atoms with Crippen molar-refractivity contribution in [1.82, 2.24) is 24.7 Å². The Morgan fingerprint density at radius 1 is 1.29 bits per heavy atom. The molecule has 0 spiro atoms. The first-order valence-electron chi connectivity index (χ1n) is 8.03. The smallest absolute Gasteiger partial charge is 0.259 e. The molecule has 1 aliphatic carbocycles. The Bertz CT molecular complexity index is 982. The van der Waals surface area contributed by atoms with Gasteiger partial charge in [-0.1, -0.05) is 11.8 Å². The highest BCUT2D eigenvalue weighted by atomic mass is 32.2. The van der Waals surface area contributed by atoms with Crippen LogP contribution in [0.3, 0.4) is 0 Å². The topological polar surface area (TPSA) is 76.5 Å². The number of H-pyrrole nitrogens is 1. The maximum Gasteiger partial charge on any atom is 0.259 e. The van der Waals surface area contributed by atoms with Gasteiger partial charge >= 0.3 is 0 Å². The lowest BCUT2D eigenvalue weighted by molar-refractivity contribution is 0.642. The maximum atomic E-state index is 12.4. The Kier molecular flexibility index (Phi) is 3.76. The van der Waals surface area contributed by atoms with Crippen molar-refractivity contribution in [2.45, 2.75) is 57.0 Å². The van der Waals surface area contributed by atoms with Crippen molar-refractivity contribution >= 4 is 33.3 Å². The van der Waals surface area contributed by atoms with Crippen molar-refractivity contribution in [1.29, 1.82) is 0 Å². The normalized spacial score (nSPS) is 16.0. The van der Waals surface area contributed by atoms with Gasteiger partial charge in [-0.15, -0.1) is 21.5 Å². The highest BCUT2D eigenvalue weighted by Crippen LogP contribution is 2.41. The monoisotopic (exact) mass is 361 g/mol. The minimum absolute atomic E-state index is 0.00547. The number of nitrogens with zero attached hydrogens (tertiary/aromatic N) is 4. The zero-order valence-corrected chi connectivity index (χ0v) is 15.7. The van der Waals surface area contributed by atoms with E-state index in [1.165, 1.54) is 12.8 Å². The average Bonchev–Trinajstić information content (AvgIpc) is 3.24. The van der Waals surface area contributed by atoms with Gasteiger partial charge in [-0.3, -0.25) is 4.79 Å². The Morgan fingerprint density at radius 3 is 2.75 bits per heavy atom. The van der Waals surface area contributed by atoms with E-state index >= 15 is 0 Å². The number of aromatic nitrogens is 5. The van der Waals surface area contributed by atoms with E-state index < -0.39 is 0 Å². The van der Waals surface area contributed by atoms with Crippen molar-refractivity contribution in [2.24, 2.45) is 0 Å². The van der Waals surface area contributed by atoms with Crippen LogP contribution in [0.5, 0.6) is 0 Å². The molecule has 1 aliphatic rings. The maximum absolute atomic E-state index is 12.4. The predicted octanol–water partition coefficient (Wildman–Crippen LogP) is 3.69. The van der Waals surface area contributed by atoms with Gasteiger partial charge in [0, 0.05) is 10.9 Å². The molecular formula is C16H19N5OS2. The lowest BCUT2D eigenvalue weighted by Gasteiger charge is -2.11. The van der Waals surface area contributed by atoms with Crippen molar-refractivity contribution in [3.05, 3.63) is 32.4 Å². The summed E-state index contributed by atoms with van der Waals surface area (Å²) in [5.41, 5.74) is 0.976. The van der Waals surface area contributed by atoms with Crippen LogP contribution in [0.1, 0.15) is 53.1 Å². The molecule has 0 bridgehead atoms. The molecule has 0 aromatic carbocycles. The summed E-state index contributed by atoms with van der Waals surface area (Å²) in [5.74, 6) is 1.65. The summed E-state index contributed by atoms with van der Waals surface area (Å²) in [7, 11) is 0. The number of thioether (sulfide) groups is 1. The Labute approximate surface area is 147 Å². The number of aryl methyl sites for hydroxylation is 3. The molecule has 3 heterocycles. The van der Waals surface area contributed by atoms with Crippen LogP contribution in [0, 0.1) is 20.8 Å². The van der Waals surface area contributed by atoms with E-state index in [2.05, 4.69) is 19.7 Å². The van der Waals surface area contributed by atoms with Gasteiger partial charge < -0.3 is 9.55 Å². The molecule has 24 heavy (non-hydrogen) atoms. The van der Waals surface area contributed by atoms with Gasteiger partial charge in [0.25, 0.3) is 5.56 Å². The van der Waals surface area contributed by atoms with E-state index in [-0.39, 0.29) is 10.8 Å². The van der Waals surface area contributed by atoms with Gasteiger partial charge in [0.05, 0.1) is 10.6 Å². The molecule has 3 aromatic rings. The van der Waals surface area contributed by atoms with Crippen molar-refractivity contribution in [2.75, 3.05) is 0 Å². The molecule has 1 fully saturated rings. The third-order valence-corrected chi connectivity index (χ3v) is 6.64. The fraction of sp³-hybridized carbons (Fsp3) is 0.500. The second-order valence-electron chi connectivity index (χ2n) is 6.31. The van der Waals surface area contributed by atoms with Gasteiger partial charge in [0.15, 0.2) is 5.16 Å². The molecule has 3 aromatic heterocycles. The highest BCUT2D eigenvalue weighted by Gasteiger charge is 2.29. The Balaban J connectivity index is 1.69. The van der Waals surface area contributed by atoms with Crippen LogP contribution >= 0.6 is 23.1 Å². The standard InChI is InChI=1S/C16H19N5OS2/c1-7-8(2)23-15-12(7)14(22)17-13(18-15)9(3)24-16-20-19-10(4)21(16)11-5-6-11/h9,11H,5-6H2,1-4H3,(H,17,18,22). The zero-order chi connectivity index (χ0) is 17.0. The van der Waals surface area contributed by atoms with E-state index in [4.69, 9.17) is 4.98 Å². The molecule has 0 amide bonds. The van der Waals surface area contributed by atoms with Crippen LogP contribution in [0.4, 0.5) is 0 Å². The molecule has 1 N–H and O–H groups in total. The van der Waals surface area contributed by atoms with Gasteiger partial charge in [0.2, 0.25) is 0 Å². The van der Waals surface area contributed by atoms with E-state index in [9.17, 15) is 4.79 Å². The van der Waals surface area contributed by atoms with Crippen LogP contribution < -0.4 is 5.56 Å². The molecule has 126 valence electrons. The van der Waals surface area contributed by atoms with Crippen LogP contribution in [-0.2, 0) is 0 Å². The molecule has 0 saturated heterocycles. The first-order chi connectivity index (χ1) is 11.5. The minimum Gasteiger partial charge on any atom is -0.309 e. The number of aromatic amines is 1. The van der Waals surface area contributed by atoms with Crippen molar-refractivity contribution in [3.63, 3.8) is 0 Å². The summed E-state index contributed by atoms with van der Waals surface area (Å²) in [6.07, 6.45) is 2.38. The predicted molar refractivity (Wildman–Crippen MR) is 97.0 cm³/mol. The third kappa shape index (κ3) is 2.57. The van der Waals surface area contributed by atoms with Crippen LogP contribution in [0.15, 0.2) is 9.95 Å². The van der Waals surface area contributed by atoms with E-state index in [0.717, 1.165) is 31.6 Å². The first-order valence-corrected chi connectivity index (χ1v) is 9.73. The SMILES string of the molecule is Cc1sc2nc(C(C)Sc3nnc(C)n3C3CC3)[nH]c(=O)c2c1C. The molecule has 1 atom stereocenters. The van der Waals surface area contributed by atoms with Gasteiger partial charge in [-0.05, 0) is 46.1 Å². The van der Waals surface area contributed by atoms with E-state index in [1.807, 2.05) is 27.7 Å². The molecule has 6 nitrogen and oxygen atoms in total. The summed E-state index contributed by atoms with van der Waals surface area (Å²) in [5, 5.41) is 10.1. The number of nitrogens with one attached hydrogen (secondary N) is 1. The van der Waals surface area contributed by atoms with Gasteiger partial charge in [-0.25, -0.2) is 4.98 Å². The van der Waals surface area contributed by atoms with Crippen LogP contribution in [0.25, 0.3) is 10.2 Å². The van der Waals surface area contributed by atoms with Crippen LogP contribution in [0.2, 0.25) is 0 Å². The molecule has 1 unspecified atom stereocenters. The van der Waals surface area contributed by atoms with E-state index in [0.29, 0.717) is 11.9 Å². The zero-order valence-electron chi connectivity index (χ0n) is 14.1. The van der Waals surface area contributed by atoms with Crippen LogP contribution in [-0.4, -0.2) is 24.7 Å². The number of rotatable bonds is 4.